The van der Waals surface area contributed by atoms with Gasteiger partial charge in [0.15, 0.2) is 0 Å². The fourth-order valence-electron chi connectivity index (χ4n) is 1.44. The maximum absolute atomic E-state index is 13.1. The Morgan fingerprint density at radius 3 is 2.80 bits per heavy atom. The molecule has 0 spiro atoms. The molecule has 1 aromatic rings. The fourth-order valence-corrected chi connectivity index (χ4v) is 1.92. The van der Waals surface area contributed by atoms with Crippen molar-refractivity contribution in [3.8, 4) is 0 Å². The first kappa shape index (κ1) is 12.4. The fraction of sp³-hybridized carbons (Fsp3) is 0.333. The summed E-state index contributed by atoms with van der Waals surface area (Å²) in [5.74, 6) is -0.251. The van der Waals surface area contributed by atoms with Crippen molar-refractivity contribution < 1.29 is 4.39 Å². The third-order valence-electron chi connectivity index (χ3n) is 2.24. The smallest absolute Gasteiger partial charge is 0.124 e. The Morgan fingerprint density at radius 1 is 1.47 bits per heavy atom. The third kappa shape index (κ3) is 4.14. The summed E-state index contributed by atoms with van der Waals surface area (Å²) in [5.41, 5.74) is 6.79. The normalized spacial score (nSPS) is 12.5. The van der Waals surface area contributed by atoms with Crippen LogP contribution in [0.1, 0.15) is 30.9 Å². The first-order valence-corrected chi connectivity index (χ1v) is 5.75. The molecule has 1 nitrogen and oxygen atoms in total. The molecule has 1 rings (SSSR count). The van der Waals surface area contributed by atoms with Gasteiger partial charge in [-0.15, -0.1) is 6.58 Å². The van der Waals surface area contributed by atoms with Crippen molar-refractivity contribution in [2.75, 3.05) is 0 Å². The number of hydrogen-bond donors (Lipinski definition) is 1. The van der Waals surface area contributed by atoms with Crippen LogP contribution < -0.4 is 5.73 Å². The van der Waals surface area contributed by atoms with Crippen LogP contribution in [0.4, 0.5) is 4.39 Å². The van der Waals surface area contributed by atoms with Gasteiger partial charge < -0.3 is 5.73 Å². The zero-order chi connectivity index (χ0) is 11.3. The largest absolute Gasteiger partial charge is 0.324 e. The summed E-state index contributed by atoms with van der Waals surface area (Å²) in [5, 5.41) is 0. The van der Waals surface area contributed by atoms with E-state index < -0.39 is 0 Å². The number of halogens is 2. The Morgan fingerprint density at radius 2 is 2.20 bits per heavy atom. The van der Waals surface area contributed by atoms with Gasteiger partial charge in [0.2, 0.25) is 0 Å². The molecule has 0 fully saturated rings. The van der Waals surface area contributed by atoms with Crippen molar-refractivity contribution >= 4 is 15.9 Å². The molecule has 82 valence electrons. The first-order chi connectivity index (χ1) is 7.13. The number of unbranched alkanes of at least 4 members (excludes halogenated alkanes) is 1. The van der Waals surface area contributed by atoms with E-state index in [-0.39, 0.29) is 11.9 Å². The zero-order valence-electron chi connectivity index (χ0n) is 8.55. The monoisotopic (exact) mass is 271 g/mol. The van der Waals surface area contributed by atoms with Gasteiger partial charge in [-0.05, 0) is 43.0 Å². The number of benzene rings is 1. The summed E-state index contributed by atoms with van der Waals surface area (Å²) in [6.07, 6.45) is 4.65. The molecule has 1 unspecified atom stereocenters. The van der Waals surface area contributed by atoms with E-state index >= 15 is 0 Å². The summed E-state index contributed by atoms with van der Waals surface area (Å²) in [4.78, 5) is 0. The second-order valence-electron chi connectivity index (χ2n) is 3.53. The minimum atomic E-state index is -0.251. The van der Waals surface area contributed by atoms with E-state index in [1.54, 1.807) is 0 Å². The molecule has 0 aliphatic heterocycles. The zero-order valence-corrected chi connectivity index (χ0v) is 10.1. The second-order valence-corrected chi connectivity index (χ2v) is 4.44. The summed E-state index contributed by atoms with van der Waals surface area (Å²) in [6, 6.07) is 4.68. The minimum Gasteiger partial charge on any atom is -0.324 e. The van der Waals surface area contributed by atoms with Crippen LogP contribution in [-0.4, -0.2) is 0 Å². The summed E-state index contributed by atoms with van der Waals surface area (Å²) in [7, 11) is 0. The Hall–Kier alpha value is -0.670. The molecular formula is C12H15BrFN. The van der Waals surface area contributed by atoms with E-state index in [2.05, 4.69) is 22.5 Å². The van der Waals surface area contributed by atoms with Gasteiger partial charge in [0.25, 0.3) is 0 Å². The van der Waals surface area contributed by atoms with Gasteiger partial charge in [-0.25, -0.2) is 4.39 Å². The van der Waals surface area contributed by atoms with Gasteiger partial charge in [0, 0.05) is 10.5 Å². The van der Waals surface area contributed by atoms with Crippen LogP contribution in [0.2, 0.25) is 0 Å². The molecule has 2 N–H and O–H groups in total. The lowest BCUT2D eigenvalue weighted by molar-refractivity contribution is 0.595. The van der Waals surface area contributed by atoms with Crippen molar-refractivity contribution in [3.63, 3.8) is 0 Å². The van der Waals surface area contributed by atoms with Crippen molar-refractivity contribution in [3.05, 3.63) is 46.7 Å². The van der Waals surface area contributed by atoms with Crippen LogP contribution in [-0.2, 0) is 0 Å². The highest BCUT2D eigenvalue weighted by Crippen LogP contribution is 2.22. The van der Waals surface area contributed by atoms with Crippen molar-refractivity contribution in [2.24, 2.45) is 5.73 Å². The summed E-state index contributed by atoms with van der Waals surface area (Å²) in [6.45, 7) is 3.65. The van der Waals surface area contributed by atoms with E-state index in [0.29, 0.717) is 0 Å². The minimum absolute atomic E-state index is 0.100. The Labute approximate surface area is 98.3 Å². The topological polar surface area (TPSA) is 26.0 Å². The summed E-state index contributed by atoms with van der Waals surface area (Å²) >= 11 is 3.25. The molecular weight excluding hydrogens is 257 g/mol. The van der Waals surface area contributed by atoms with Crippen molar-refractivity contribution in [1.29, 1.82) is 0 Å². The first-order valence-electron chi connectivity index (χ1n) is 4.96. The number of rotatable bonds is 5. The molecule has 0 amide bonds. The molecule has 0 aliphatic rings. The average molecular weight is 272 g/mol. The molecule has 0 bridgehead atoms. The number of hydrogen-bond acceptors (Lipinski definition) is 1. The molecule has 15 heavy (non-hydrogen) atoms. The lowest BCUT2D eigenvalue weighted by atomic mass is 10.0. The van der Waals surface area contributed by atoms with Gasteiger partial charge in [-0.1, -0.05) is 22.0 Å². The lowest BCUT2D eigenvalue weighted by Crippen LogP contribution is -2.10. The van der Waals surface area contributed by atoms with Gasteiger partial charge in [0.1, 0.15) is 5.82 Å². The third-order valence-corrected chi connectivity index (χ3v) is 2.69. The predicted octanol–water partition coefficient (Wildman–Crippen LogP) is 3.94. The average Bonchev–Trinajstić information content (AvgIpc) is 2.16. The molecule has 0 aliphatic carbocycles. The maximum Gasteiger partial charge on any atom is 0.124 e. The van der Waals surface area contributed by atoms with E-state index in [1.165, 1.54) is 12.1 Å². The second kappa shape index (κ2) is 6.03. The quantitative estimate of drug-likeness (QED) is 0.637. The molecule has 1 aromatic carbocycles. The lowest BCUT2D eigenvalue weighted by Gasteiger charge is -2.11. The van der Waals surface area contributed by atoms with E-state index in [4.69, 9.17) is 5.73 Å². The maximum atomic E-state index is 13.1. The van der Waals surface area contributed by atoms with Gasteiger partial charge in [-0.3, -0.25) is 0 Å². The Bertz CT molecular complexity index is 318. The van der Waals surface area contributed by atoms with E-state index in [0.717, 1.165) is 29.3 Å². The SMILES string of the molecule is C=CCCCC(N)c1cc(F)cc(Br)c1. The van der Waals surface area contributed by atoms with Crippen LogP contribution in [0, 0.1) is 5.82 Å². The number of nitrogens with two attached hydrogens (primary N) is 1. The highest BCUT2D eigenvalue weighted by Gasteiger charge is 2.07. The number of allylic oxidation sites excluding steroid dienone is 1. The van der Waals surface area contributed by atoms with Crippen LogP contribution in [0.3, 0.4) is 0 Å². The Kier molecular flexibility index (Phi) is 4.99. The van der Waals surface area contributed by atoms with Crippen LogP contribution in [0.25, 0.3) is 0 Å². The Balaban J connectivity index is 2.64. The van der Waals surface area contributed by atoms with Crippen molar-refractivity contribution in [1.82, 2.24) is 0 Å². The standard InChI is InChI=1S/C12H15BrFN/c1-2-3-4-5-12(15)9-6-10(13)8-11(14)7-9/h2,6-8,12H,1,3-5,15H2. The molecule has 0 saturated carbocycles. The predicted molar refractivity (Wildman–Crippen MR) is 65.1 cm³/mol. The van der Waals surface area contributed by atoms with Crippen LogP contribution >= 0.6 is 15.9 Å². The van der Waals surface area contributed by atoms with Crippen molar-refractivity contribution in [2.45, 2.75) is 25.3 Å². The van der Waals surface area contributed by atoms with Crippen LogP contribution in [0.5, 0.6) is 0 Å². The molecule has 0 radical (unpaired) electrons. The molecule has 0 saturated heterocycles. The van der Waals surface area contributed by atoms with E-state index in [9.17, 15) is 4.39 Å². The van der Waals surface area contributed by atoms with Gasteiger partial charge in [0.05, 0.1) is 0 Å². The highest BCUT2D eigenvalue weighted by molar-refractivity contribution is 9.10. The van der Waals surface area contributed by atoms with Gasteiger partial charge >= 0.3 is 0 Å². The molecule has 0 aromatic heterocycles. The summed E-state index contributed by atoms with van der Waals surface area (Å²) < 4.78 is 13.8. The van der Waals surface area contributed by atoms with Gasteiger partial charge in [-0.2, -0.15) is 0 Å². The molecule has 1 atom stereocenters. The molecule has 0 heterocycles. The highest BCUT2D eigenvalue weighted by atomic mass is 79.9. The van der Waals surface area contributed by atoms with Crippen LogP contribution in [0.15, 0.2) is 35.3 Å². The van der Waals surface area contributed by atoms with E-state index in [1.807, 2.05) is 12.1 Å². The molecule has 3 heteroatoms.